The summed E-state index contributed by atoms with van der Waals surface area (Å²) in [6, 6.07) is 5.27. The van der Waals surface area contributed by atoms with E-state index in [9.17, 15) is 10.1 Å². The van der Waals surface area contributed by atoms with E-state index in [1.54, 1.807) is 19.2 Å². The zero-order chi connectivity index (χ0) is 13.5. The maximum atomic E-state index is 11.2. The quantitative estimate of drug-likeness (QED) is 0.595. The van der Waals surface area contributed by atoms with Crippen LogP contribution in [0.2, 0.25) is 0 Å². The molecule has 0 aliphatic carbocycles. The number of nitrogens with zero attached hydrogens (tertiary/aromatic N) is 2. The first-order valence-corrected chi connectivity index (χ1v) is 5.83. The summed E-state index contributed by atoms with van der Waals surface area (Å²) in [7, 11) is 3.42. The number of nitro groups is 1. The summed E-state index contributed by atoms with van der Waals surface area (Å²) < 4.78 is 4.98. The van der Waals surface area contributed by atoms with E-state index in [0.717, 1.165) is 0 Å². The average Bonchev–Trinajstić information content (AvgIpc) is 2.35. The molecule has 1 rings (SSSR count). The summed E-state index contributed by atoms with van der Waals surface area (Å²) in [6.45, 7) is 3.68. The Kier molecular flexibility index (Phi) is 5.38. The van der Waals surface area contributed by atoms with Gasteiger partial charge in [0.05, 0.1) is 11.5 Å². The zero-order valence-electron chi connectivity index (χ0n) is 11.0. The van der Waals surface area contributed by atoms with Gasteiger partial charge >= 0.3 is 5.69 Å². The molecule has 0 radical (unpaired) electrons. The molecule has 18 heavy (non-hydrogen) atoms. The highest BCUT2D eigenvalue weighted by Crippen LogP contribution is 2.34. The second-order valence-electron chi connectivity index (χ2n) is 3.88. The van der Waals surface area contributed by atoms with E-state index in [1.807, 2.05) is 24.9 Å². The van der Waals surface area contributed by atoms with Crippen LogP contribution in [0.15, 0.2) is 18.2 Å². The maximum Gasteiger partial charge on any atom is 0.315 e. The van der Waals surface area contributed by atoms with Crippen LogP contribution >= 0.6 is 0 Å². The molecule has 1 N–H and O–H groups in total. The predicted molar refractivity (Wildman–Crippen MR) is 72.4 cm³/mol. The number of hydrogen-bond acceptors (Lipinski definition) is 5. The van der Waals surface area contributed by atoms with Crippen molar-refractivity contribution < 1.29 is 9.66 Å². The van der Waals surface area contributed by atoms with E-state index in [-0.39, 0.29) is 10.6 Å². The third-order valence-corrected chi connectivity index (χ3v) is 2.61. The summed E-state index contributed by atoms with van der Waals surface area (Å²) in [5.74, 6) is 0. The van der Waals surface area contributed by atoms with Crippen LogP contribution in [0.1, 0.15) is 6.92 Å². The van der Waals surface area contributed by atoms with Crippen LogP contribution in [0.25, 0.3) is 0 Å². The first-order valence-electron chi connectivity index (χ1n) is 5.83. The van der Waals surface area contributed by atoms with Crippen molar-refractivity contribution in [1.29, 1.82) is 0 Å². The second kappa shape index (κ2) is 6.80. The Balaban J connectivity index is 3.09. The number of nitro benzene ring substituents is 1. The zero-order valence-corrected chi connectivity index (χ0v) is 11.0. The van der Waals surface area contributed by atoms with E-state index < -0.39 is 0 Å². The van der Waals surface area contributed by atoms with Crippen LogP contribution in [0.3, 0.4) is 0 Å². The fourth-order valence-electron chi connectivity index (χ4n) is 1.71. The van der Waals surface area contributed by atoms with Gasteiger partial charge in [-0.3, -0.25) is 10.1 Å². The molecule has 6 heteroatoms. The molecule has 6 nitrogen and oxygen atoms in total. The Morgan fingerprint density at radius 1 is 1.50 bits per heavy atom. The molecule has 0 spiro atoms. The van der Waals surface area contributed by atoms with Crippen LogP contribution < -0.4 is 10.2 Å². The van der Waals surface area contributed by atoms with Crippen molar-refractivity contribution in [2.45, 2.75) is 6.92 Å². The van der Waals surface area contributed by atoms with Crippen LogP contribution in [-0.4, -0.2) is 38.8 Å². The fraction of sp³-hybridized carbons (Fsp3) is 0.500. The minimum Gasteiger partial charge on any atom is -0.383 e. The number of anilines is 2. The number of likely N-dealkylation sites (N-methyl/N-ethyl adjacent to an activating group) is 1. The van der Waals surface area contributed by atoms with Gasteiger partial charge in [-0.1, -0.05) is 6.07 Å². The van der Waals surface area contributed by atoms with Gasteiger partial charge in [-0.25, -0.2) is 0 Å². The fourth-order valence-corrected chi connectivity index (χ4v) is 1.71. The molecule has 0 atom stereocenters. The molecule has 0 bridgehead atoms. The summed E-state index contributed by atoms with van der Waals surface area (Å²) in [4.78, 5) is 12.7. The highest BCUT2D eigenvalue weighted by atomic mass is 16.6. The first kappa shape index (κ1) is 14.2. The van der Waals surface area contributed by atoms with Crippen LogP contribution in [0.5, 0.6) is 0 Å². The van der Waals surface area contributed by atoms with E-state index >= 15 is 0 Å². The van der Waals surface area contributed by atoms with Crippen molar-refractivity contribution in [1.82, 2.24) is 0 Å². The van der Waals surface area contributed by atoms with Gasteiger partial charge in [0, 0.05) is 27.2 Å². The maximum absolute atomic E-state index is 11.2. The Hall–Kier alpha value is -1.82. The van der Waals surface area contributed by atoms with Gasteiger partial charge in [0.15, 0.2) is 0 Å². The Morgan fingerprint density at radius 2 is 2.22 bits per heavy atom. The smallest absolute Gasteiger partial charge is 0.315 e. The predicted octanol–water partition coefficient (Wildman–Crippen LogP) is 2.11. The topological polar surface area (TPSA) is 67.6 Å². The SMILES string of the molecule is CCNc1cccc(N(C)CCOC)c1[N+](=O)[O-]. The first-order chi connectivity index (χ1) is 8.61. The summed E-state index contributed by atoms with van der Waals surface area (Å²) in [6.07, 6.45) is 0. The molecule has 0 amide bonds. The monoisotopic (exact) mass is 253 g/mol. The summed E-state index contributed by atoms with van der Waals surface area (Å²) in [5, 5.41) is 14.2. The molecule has 0 saturated heterocycles. The lowest BCUT2D eigenvalue weighted by Crippen LogP contribution is -2.23. The number of methoxy groups -OCH3 is 1. The molecule has 0 aliphatic rings. The standard InChI is InChI=1S/C12H19N3O3/c1-4-13-10-6-5-7-11(12(10)15(16)17)14(2)8-9-18-3/h5-7,13H,4,8-9H2,1-3H3. The normalized spacial score (nSPS) is 10.2. The van der Waals surface area contributed by atoms with Crippen LogP contribution in [-0.2, 0) is 4.74 Å². The Morgan fingerprint density at radius 3 is 2.78 bits per heavy atom. The van der Waals surface area contributed by atoms with Gasteiger partial charge < -0.3 is 15.0 Å². The van der Waals surface area contributed by atoms with Gasteiger partial charge in [0.2, 0.25) is 0 Å². The van der Waals surface area contributed by atoms with E-state index in [1.165, 1.54) is 0 Å². The molecule has 1 aromatic rings. The van der Waals surface area contributed by atoms with Crippen molar-refractivity contribution in [3.8, 4) is 0 Å². The van der Waals surface area contributed by atoms with Crippen molar-refractivity contribution in [3.05, 3.63) is 28.3 Å². The average molecular weight is 253 g/mol. The highest BCUT2D eigenvalue weighted by Gasteiger charge is 2.21. The van der Waals surface area contributed by atoms with Crippen molar-refractivity contribution in [2.75, 3.05) is 44.1 Å². The lowest BCUT2D eigenvalue weighted by Gasteiger charge is -2.19. The Bertz CT molecular complexity index is 410. The minimum absolute atomic E-state index is 0.109. The van der Waals surface area contributed by atoms with Crippen molar-refractivity contribution in [2.24, 2.45) is 0 Å². The third-order valence-electron chi connectivity index (χ3n) is 2.61. The number of rotatable bonds is 7. The van der Waals surface area contributed by atoms with E-state index in [4.69, 9.17) is 4.74 Å². The minimum atomic E-state index is -0.351. The number of hydrogen-bond donors (Lipinski definition) is 1. The lowest BCUT2D eigenvalue weighted by atomic mass is 10.2. The highest BCUT2D eigenvalue weighted by molar-refractivity contribution is 5.76. The van der Waals surface area contributed by atoms with E-state index in [0.29, 0.717) is 31.1 Å². The molecule has 1 aromatic carbocycles. The third kappa shape index (κ3) is 3.33. The molecular weight excluding hydrogens is 234 g/mol. The van der Waals surface area contributed by atoms with Gasteiger partial charge in [-0.05, 0) is 19.1 Å². The van der Waals surface area contributed by atoms with Gasteiger partial charge in [-0.15, -0.1) is 0 Å². The lowest BCUT2D eigenvalue weighted by molar-refractivity contribution is -0.383. The van der Waals surface area contributed by atoms with Gasteiger partial charge in [-0.2, -0.15) is 0 Å². The Labute approximate surface area is 107 Å². The molecule has 0 aromatic heterocycles. The molecule has 0 fully saturated rings. The number of para-hydroxylation sites is 1. The number of nitrogens with one attached hydrogen (secondary N) is 1. The van der Waals surface area contributed by atoms with Crippen LogP contribution in [0, 0.1) is 10.1 Å². The number of benzene rings is 1. The van der Waals surface area contributed by atoms with Gasteiger partial charge in [0.1, 0.15) is 11.4 Å². The van der Waals surface area contributed by atoms with E-state index in [2.05, 4.69) is 5.32 Å². The molecule has 0 aliphatic heterocycles. The van der Waals surface area contributed by atoms with Crippen molar-refractivity contribution in [3.63, 3.8) is 0 Å². The molecule has 0 heterocycles. The number of ether oxygens (including phenoxy) is 1. The molecule has 100 valence electrons. The van der Waals surface area contributed by atoms with Gasteiger partial charge in [0.25, 0.3) is 0 Å². The van der Waals surface area contributed by atoms with Crippen molar-refractivity contribution >= 4 is 17.1 Å². The molecular formula is C12H19N3O3. The molecule has 0 unspecified atom stereocenters. The summed E-state index contributed by atoms with van der Waals surface area (Å²) in [5.41, 5.74) is 1.25. The second-order valence-corrected chi connectivity index (χ2v) is 3.88. The van der Waals surface area contributed by atoms with Crippen LogP contribution in [0.4, 0.5) is 17.1 Å². The molecule has 0 saturated carbocycles. The largest absolute Gasteiger partial charge is 0.383 e. The summed E-state index contributed by atoms with van der Waals surface area (Å²) >= 11 is 0.